The number of carboxylic acids is 1. The van der Waals surface area contributed by atoms with Crippen molar-refractivity contribution >= 4 is 29.4 Å². The second kappa shape index (κ2) is 9.71. The molecule has 1 aliphatic rings. The first-order valence-corrected chi connectivity index (χ1v) is 11.7. The summed E-state index contributed by atoms with van der Waals surface area (Å²) < 4.78 is 12.7. The Bertz CT molecular complexity index is 1510. The van der Waals surface area contributed by atoms with E-state index in [4.69, 9.17) is 9.47 Å². The zero-order valence-corrected chi connectivity index (χ0v) is 20.4. The summed E-state index contributed by atoms with van der Waals surface area (Å²) in [4.78, 5) is 42.7. The molecule has 1 aromatic heterocycles. The second-order valence-corrected chi connectivity index (χ2v) is 9.23. The second-order valence-electron chi connectivity index (χ2n) is 8.22. The maximum atomic E-state index is 13.6. The number of aromatic carboxylic acids is 1. The molecule has 0 N–H and O–H groups in total. The molecule has 2 heterocycles. The third-order valence-electron chi connectivity index (χ3n) is 5.44. The lowest BCUT2D eigenvalue weighted by Crippen LogP contribution is -2.40. The van der Waals surface area contributed by atoms with Crippen molar-refractivity contribution in [2.24, 2.45) is 4.99 Å². The van der Waals surface area contributed by atoms with Crippen LogP contribution in [0.2, 0.25) is 0 Å². The van der Waals surface area contributed by atoms with Crippen LogP contribution in [0.15, 0.2) is 69.6 Å². The lowest BCUT2D eigenvalue weighted by Gasteiger charge is -2.25. The molecule has 180 valence electrons. The van der Waals surface area contributed by atoms with Crippen molar-refractivity contribution in [2.45, 2.75) is 32.9 Å². The molecule has 0 fully saturated rings. The lowest BCUT2D eigenvalue weighted by atomic mass is 9.95. The quantitative estimate of drug-likeness (QED) is 0.484. The largest absolute Gasteiger partial charge is 0.545 e. The van der Waals surface area contributed by atoms with E-state index in [9.17, 15) is 19.5 Å². The Morgan fingerprint density at radius 3 is 2.51 bits per heavy atom. The van der Waals surface area contributed by atoms with Gasteiger partial charge >= 0.3 is 5.97 Å². The number of ether oxygens (including phenoxy) is 2. The average molecular weight is 492 g/mol. The number of nitrogens with zero attached hydrogens (tertiary/aromatic N) is 2. The predicted octanol–water partition coefficient (Wildman–Crippen LogP) is 1.56. The lowest BCUT2D eigenvalue weighted by molar-refractivity contribution is -0.255. The molecule has 0 saturated carbocycles. The van der Waals surface area contributed by atoms with E-state index < -0.39 is 18.0 Å². The number of aromatic nitrogens is 1. The van der Waals surface area contributed by atoms with Crippen LogP contribution in [-0.2, 0) is 9.53 Å². The van der Waals surface area contributed by atoms with Crippen LogP contribution in [0.25, 0.3) is 6.08 Å². The molecule has 0 radical (unpaired) electrons. The van der Waals surface area contributed by atoms with Crippen LogP contribution < -0.4 is 24.7 Å². The first-order valence-electron chi connectivity index (χ1n) is 10.9. The monoisotopic (exact) mass is 491 g/mol. The van der Waals surface area contributed by atoms with Gasteiger partial charge in [0.05, 0.1) is 41.0 Å². The number of hydrogen-bond donors (Lipinski definition) is 0. The molecule has 0 saturated heterocycles. The number of rotatable bonds is 6. The minimum Gasteiger partial charge on any atom is -0.545 e. The summed E-state index contributed by atoms with van der Waals surface area (Å²) in [6.45, 7) is 5.24. The van der Waals surface area contributed by atoms with Gasteiger partial charge in [-0.25, -0.2) is 9.79 Å². The minimum absolute atomic E-state index is 0.0468. The fourth-order valence-electron chi connectivity index (χ4n) is 3.85. The van der Waals surface area contributed by atoms with Crippen LogP contribution in [0, 0.1) is 0 Å². The van der Waals surface area contributed by atoms with Crippen LogP contribution in [0.1, 0.15) is 48.3 Å². The highest BCUT2D eigenvalue weighted by atomic mass is 32.1. The van der Waals surface area contributed by atoms with Gasteiger partial charge in [-0.2, -0.15) is 0 Å². The van der Waals surface area contributed by atoms with Gasteiger partial charge in [-0.1, -0.05) is 47.7 Å². The van der Waals surface area contributed by atoms with E-state index in [1.54, 1.807) is 64.3 Å². The molecule has 4 rings (SSSR count). The molecular weight excluding hydrogens is 468 g/mol. The van der Waals surface area contributed by atoms with E-state index in [-0.39, 0.29) is 22.8 Å². The smallest absolute Gasteiger partial charge is 0.338 e. The van der Waals surface area contributed by atoms with E-state index in [0.29, 0.717) is 31.9 Å². The minimum atomic E-state index is -1.27. The van der Waals surface area contributed by atoms with Crippen molar-refractivity contribution in [1.82, 2.24) is 4.57 Å². The fraction of sp³-hybridized carbons (Fsp3) is 0.231. The molecule has 0 bridgehead atoms. The standard InChI is InChI=1S/C26H24N2O6S/c1-14(2)34-25(32)21-15(3)27-26-28(22(21)18-6-5-7-19(13-18)33-4)23(29)20(35-26)12-16-8-10-17(11-9-16)24(30)31/h5-14,22H,1-4H3,(H,30,31)/p-1/b20-12-/t22-/m0/s1. The first kappa shape index (κ1) is 24.2. The Kier molecular flexibility index (Phi) is 6.70. The number of hydrogen-bond acceptors (Lipinski definition) is 8. The van der Waals surface area contributed by atoms with Gasteiger partial charge in [-0.3, -0.25) is 9.36 Å². The number of methoxy groups -OCH3 is 1. The normalized spacial score (nSPS) is 15.6. The zero-order chi connectivity index (χ0) is 25.3. The highest BCUT2D eigenvalue weighted by Gasteiger charge is 2.34. The summed E-state index contributed by atoms with van der Waals surface area (Å²) in [5.74, 6) is -1.23. The molecule has 0 amide bonds. The number of carbonyl (C=O) groups is 2. The zero-order valence-electron chi connectivity index (χ0n) is 19.6. The van der Waals surface area contributed by atoms with Crippen LogP contribution in [0.5, 0.6) is 5.75 Å². The summed E-state index contributed by atoms with van der Waals surface area (Å²) in [6.07, 6.45) is 1.32. The third-order valence-corrected chi connectivity index (χ3v) is 6.42. The summed E-state index contributed by atoms with van der Waals surface area (Å²) in [5.41, 5.74) is 1.80. The number of fused-ring (bicyclic) bond motifs is 1. The Morgan fingerprint density at radius 2 is 1.89 bits per heavy atom. The van der Waals surface area contributed by atoms with Crippen LogP contribution in [0.4, 0.5) is 0 Å². The molecule has 8 nitrogen and oxygen atoms in total. The van der Waals surface area contributed by atoms with Crippen molar-refractivity contribution in [3.63, 3.8) is 0 Å². The van der Waals surface area contributed by atoms with Gasteiger partial charge in [0, 0.05) is 0 Å². The van der Waals surface area contributed by atoms with Gasteiger partial charge < -0.3 is 19.4 Å². The summed E-state index contributed by atoms with van der Waals surface area (Å²) in [7, 11) is 1.55. The molecule has 1 atom stereocenters. The fourth-order valence-corrected chi connectivity index (χ4v) is 4.90. The maximum Gasteiger partial charge on any atom is 0.338 e. The molecule has 9 heteroatoms. The highest BCUT2D eigenvalue weighted by Crippen LogP contribution is 2.32. The van der Waals surface area contributed by atoms with Gasteiger partial charge in [0.25, 0.3) is 5.56 Å². The number of carbonyl (C=O) groups excluding carboxylic acids is 2. The first-order chi connectivity index (χ1) is 16.7. The number of carboxylic acid groups (broad SMARTS) is 1. The van der Waals surface area contributed by atoms with Crippen LogP contribution >= 0.6 is 11.3 Å². The average Bonchev–Trinajstić information content (AvgIpc) is 3.12. The van der Waals surface area contributed by atoms with Crippen LogP contribution in [0.3, 0.4) is 0 Å². The number of benzene rings is 2. The number of thiazole rings is 1. The van der Waals surface area contributed by atoms with Crippen LogP contribution in [-0.4, -0.2) is 29.7 Å². The number of esters is 1. The van der Waals surface area contributed by atoms with Crippen molar-refractivity contribution in [3.05, 3.63) is 96.2 Å². The van der Waals surface area contributed by atoms with E-state index >= 15 is 0 Å². The summed E-state index contributed by atoms with van der Waals surface area (Å²) >= 11 is 1.19. The summed E-state index contributed by atoms with van der Waals surface area (Å²) in [6, 6.07) is 12.5. The predicted molar refractivity (Wildman–Crippen MR) is 129 cm³/mol. The van der Waals surface area contributed by atoms with Crippen molar-refractivity contribution in [2.75, 3.05) is 7.11 Å². The number of allylic oxidation sites excluding steroid dienone is 1. The van der Waals surface area contributed by atoms with Gasteiger partial charge in [-0.15, -0.1) is 0 Å². The Morgan fingerprint density at radius 1 is 1.17 bits per heavy atom. The van der Waals surface area contributed by atoms with Gasteiger partial charge in [0.1, 0.15) is 5.75 Å². The van der Waals surface area contributed by atoms with Crippen molar-refractivity contribution in [3.8, 4) is 5.75 Å². The molecule has 0 aliphatic carbocycles. The summed E-state index contributed by atoms with van der Waals surface area (Å²) in [5, 5.41) is 11.0. The Labute approximate surface area is 205 Å². The molecule has 35 heavy (non-hydrogen) atoms. The van der Waals surface area contributed by atoms with Gasteiger partial charge in [-0.05, 0) is 55.7 Å². The third kappa shape index (κ3) is 4.81. The molecule has 0 spiro atoms. The molecular formula is C26H23N2O6S-. The molecule has 1 aliphatic heterocycles. The van der Waals surface area contributed by atoms with E-state index in [2.05, 4.69) is 4.99 Å². The SMILES string of the molecule is COc1cccc([C@H]2C(C(=O)OC(C)C)=C(C)N=c3s/c(=C\c4ccc(C(=O)[O-])cc4)c(=O)n32)c1. The van der Waals surface area contributed by atoms with E-state index in [1.807, 2.05) is 6.07 Å². The maximum absolute atomic E-state index is 13.6. The molecule has 3 aromatic rings. The Hall–Kier alpha value is -3.98. The topological polar surface area (TPSA) is 110 Å². The van der Waals surface area contributed by atoms with E-state index in [1.165, 1.54) is 28.0 Å². The molecule has 2 aromatic carbocycles. The highest BCUT2D eigenvalue weighted by molar-refractivity contribution is 7.07. The Balaban J connectivity index is 1.91. The van der Waals surface area contributed by atoms with Crippen molar-refractivity contribution < 1.29 is 24.2 Å². The molecule has 0 unspecified atom stereocenters. The van der Waals surface area contributed by atoms with Gasteiger partial charge in [0.2, 0.25) is 0 Å². The van der Waals surface area contributed by atoms with Crippen molar-refractivity contribution in [1.29, 1.82) is 0 Å². The van der Waals surface area contributed by atoms with E-state index in [0.717, 1.165) is 0 Å². The van der Waals surface area contributed by atoms with Gasteiger partial charge in [0.15, 0.2) is 4.80 Å².